The van der Waals surface area contributed by atoms with E-state index in [9.17, 15) is 14.4 Å². The summed E-state index contributed by atoms with van der Waals surface area (Å²) in [6, 6.07) is 3.33. The largest absolute Gasteiger partial charge is 0.463 e. The minimum atomic E-state index is -0.943. The molecule has 0 spiro atoms. The highest BCUT2D eigenvalue weighted by Gasteiger charge is 2.27. The number of anilines is 1. The molecule has 0 radical (unpaired) electrons. The number of thiophene rings is 1. The molecule has 2 heterocycles. The second-order valence-electron chi connectivity index (χ2n) is 6.16. The van der Waals surface area contributed by atoms with Gasteiger partial charge in [-0.25, -0.2) is 10.2 Å². The van der Waals surface area contributed by atoms with Crippen molar-refractivity contribution in [3.63, 3.8) is 0 Å². The highest BCUT2D eigenvalue weighted by molar-refractivity contribution is 7.17. The van der Waals surface area contributed by atoms with Crippen molar-refractivity contribution in [2.45, 2.75) is 39.0 Å². The second kappa shape index (κ2) is 9.32. The Bertz CT molecular complexity index is 886. The van der Waals surface area contributed by atoms with Crippen molar-refractivity contribution >= 4 is 40.3 Å². The van der Waals surface area contributed by atoms with Crippen molar-refractivity contribution in [3.05, 3.63) is 40.2 Å². The fourth-order valence-electron chi connectivity index (χ4n) is 2.98. The lowest BCUT2D eigenvalue weighted by atomic mass is 10.1. The molecule has 1 aliphatic rings. The van der Waals surface area contributed by atoms with Crippen LogP contribution in [0.4, 0.5) is 5.00 Å². The molecule has 0 saturated carbocycles. The van der Waals surface area contributed by atoms with E-state index >= 15 is 0 Å². The van der Waals surface area contributed by atoms with Gasteiger partial charge in [-0.1, -0.05) is 6.42 Å². The van der Waals surface area contributed by atoms with E-state index < -0.39 is 17.8 Å². The fourth-order valence-corrected chi connectivity index (χ4v) is 4.25. The number of ether oxygens (including phenoxy) is 1. The zero-order valence-corrected chi connectivity index (χ0v) is 16.3. The molecule has 148 valence electrons. The van der Waals surface area contributed by atoms with Gasteiger partial charge in [0.15, 0.2) is 0 Å². The van der Waals surface area contributed by atoms with Gasteiger partial charge in [-0.3, -0.25) is 9.59 Å². The first-order valence-corrected chi connectivity index (χ1v) is 9.91. The molecule has 2 amide bonds. The van der Waals surface area contributed by atoms with Gasteiger partial charge in [0.2, 0.25) is 0 Å². The zero-order valence-electron chi connectivity index (χ0n) is 15.4. The lowest BCUT2D eigenvalue weighted by Crippen LogP contribution is -2.32. The Hall–Kier alpha value is -2.94. The summed E-state index contributed by atoms with van der Waals surface area (Å²) in [4.78, 5) is 37.8. The molecule has 0 atom stereocenters. The molecule has 0 bridgehead atoms. The smallest absolute Gasteiger partial charge is 0.341 e. The van der Waals surface area contributed by atoms with E-state index in [0.29, 0.717) is 16.3 Å². The molecular formula is C19H21N3O5S. The van der Waals surface area contributed by atoms with E-state index in [4.69, 9.17) is 9.15 Å². The maximum Gasteiger partial charge on any atom is 0.341 e. The molecular weight excluding hydrogens is 382 g/mol. The molecule has 2 aromatic rings. The van der Waals surface area contributed by atoms with Crippen molar-refractivity contribution in [1.82, 2.24) is 5.43 Å². The van der Waals surface area contributed by atoms with Crippen LogP contribution in [0.5, 0.6) is 0 Å². The molecule has 2 N–H and O–H groups in total. The Kier molecular flexibility index (Phi) is 6.59. The third-order valence-electron chi connectivity index (χ3n) is 4.24. The van der Waals surface area contributed by atoms with Crippen LogP contribution in [0.1, 0.15) is 52.7 Å². The summed E-state index contributed by atoms with van der Waals surface area (Å²) in [6.45, 7) is 1.96. The van der Waals surface area contributed by atoms with Gasteiger partial charge in [0.25, 0.3) is 0 Å². The highest BCUT2D eigenvalue weighted by atomic mass is 32.1. The Balaban J connectivity index is 1.74. The summed E-state index contributed by atoms with van der Waals surface area (Å²) in [5.74, 6) is -1.89. The third-order valence-corrected chi connectivity index (χ3v) is 5.44. The summed E-state index contributed by atoms with van der Waals surface area (Å²) in [5.41, 5.74) is 3.42. The number of carbonyl (C=O) groups is 3. The van der Waals surface area contributed by atoms with Crippen LogP contribution < -0.4 is 10.7 Å². The number of carbonyl (C=O) groups excluding carboxylic acids is 3. The summed E-state index contributed by atoms with van der Waals surface area (Å²) < 4.78 is 10.2. The molecule has 3 rings (SSSR count). The standard InChI is InChI=1S/C19H21N3O5S/c1-2-26-19(25)15-13-8-4-3-5-9-14(13)28-18(15)21-16(23)17(24)22-20-11-12-7-6-10-27-12/h6-7,10-11H,2-5,8-9H2,1H3,(H,21,23)(H,22,24). The van der Waals surface area contributed by atoms with Crippen LogP contribution in [0.25, 0.3) is 0 Å². The van der Waals surface area contributed by atoms with Gasteiger partial charge in [0.1, 0.15) is 10.8 Å². The summed E-state index contributed by atoms with van der Waals surface area (Å²) in [7, 11) is 0. The van der Waals surface area contributed by atoms with E-state index in [-0.39, 0.29) is 6.61 Å². The number of hydrogen-bond acceptors (Lipinski definition) is 7. The van der Waals surface area contributed by atoms with Gasteiger partial charge < -0.3 is 14.5 Å². The number of nitrogens with one attached hydrogen (secondary N) is 2. The van der Waals surface area contributed by atoms with Gasteiger partial charge in [0.05, 0.1) is 24.6 Å². The lowest BCUT2D eigenvalue weighted by molar-refractivity contribution is -0.136. The van der Waals surface area contributed by atoms with Crippen LogP contribution in [0.15, 0.2) is 27.9 Å². The molecule has 0 aromatic carbocycles. The number of hydrogen-bond donors (Lipinski definition) is 2. The Morgan fingerprint density at radius 1 is 1.25 bits per heavy atom. The van der Waals surface area contributed by atoms with E-state index in [0.717, 1.165) is 42.5 Å². The van der Waals surface area contributed by atoms with E-state index in [1.807, 2.05) is 0 Å². The second-order valence-corrected chi connectivity index (χ2v) is 7.26. The number of esters is 1. The number of nitrogens with zero attached hydrogens (tertiary/aromatic N) is 1. The first-order chi connectivity index (χ1) is 13.6. The van der Waals surface area contributed by atoms with Crippen LogP contribution in [0.2, 0.25) is 0 Å². The molecule has 28 heavy (non-hydrogen) atoms. The van der Waals surface area contributed by atoms with Gasteiger partial charge in [-0.05, 0) is 50.3 Å². The van der Waals surface area contributed by atoms with Crippen LogP contribution >= 0.6 is 11.3 Å². The number of aryl methyl sites for hydroxylation is 1. The molecule has 0 unspecified atom stereocenters. The monoisotopic (exact) mass is 403 g/mol. The molecule has 9 heteroatoms. The SMILES string of the molecule is CCOC(=O)c1c(NC(=O)C(=O)NN=Cc2ccco2)sc2c1CCCCC2. The molecule has 8 nitrogen and oxygen atoms in total. The molecule has 0 saturated heterocycles. The van der Waals surface area contributed by atoms with Gasteiger partial charge in [0, 0.05) is 4.88 Å². The van der Waals surface area contributed by atoms with Crippen molar-refractivity contribution in [2.75, 3.05) is 11.9 Å². The Morgan fingerprint density at radius 2 is 2.07 bits per heavy atom. The first-order valence-electron chi connectivity index (χ1n) is 9.09. The minimum absolute atomic E-state index is 0.235. The van der Waals surface area contributed by atoms with Crippen molar-refractivity contribution in [3.8, 4) is 0 Å². The molecule has 0 fully saturated rings. The van der Waals surface area contributed by atoms with E-state index in [2.05, 4.69) is 15.8 Å². The van der Waals surface area contributed by atoms with Crippen molar-refractivity contribution < 1.29 is 23.5 Å². The van der Waals surface area contributed by atoms with Crippen LogP contribution in [0, 0.1) is 0 Å². The van der Waals surface area contributed by atoms with Gasteiger partial charge in [-0.2, -0.15) is 5.10 Å². The quantitative estimate of drug-likeness (QED) is 0.262. The number of rotatable bonds is 5. The molecule has 0 aliphatic heterocycles. The fraction of sp³-hybridized carbons (Fsp3) is 0.368. The van der Waals surface area contributed by atoms with Gasteiger partial charge >= 0.3 is 17.8 Å². The van der Waals surface area contributed by atoms with E-state index in [1.54, 1.807) is 19.1 Å². The lowest BCUT2D eigenvalue weighted by Gasteiger charge is -2.08. The molecule has 1 aliphatic carbocycles. The van der Waals surface area contributed by atoms with E-state index in [1.165, 1.54) is 23.8 Å². The minimum Gasteiger partial charge on any atom is -0.463 e. The van der Waals surface area contributed by atoms with Crippen molar-refractivity contribution in [1.29, 1.82) is 0 Å². The van der Waals surface area contributed by atoms with Crippen LogP contribution in [0.3, 0.4) is 0 Å². The van der Waals surface area contributed by atoms with Crippen LogP contribution in [-0.2, 0) is 27.2 Å². The Labute approximate surface area is 165 Å². The highest BCUT2D eigenvalue weighted by Crippen LogP contribution is 2.38. The maximum atomic E-state index is 12.5. The number of amides is 2. The number of hydrazone groups is 1. The van der Waals surface area contributed by atoms with Crippen LogP contribution in [-0.4, -0.2) is 30.6 Å². The predicted octanol–water partition coefficient (Wildman–Crippen LogP) is 2.88. The maximum absolute atomic E-state index is 12.5. The average molecular weight is 403 g/mol. The topological polar surface area (TPSA) is 110 Å². The Morgan fingerprint density at radius 3 is 2.82 bits per heavy atom. The summed E-state index contributed by atoms with van der Waals surface area (Å²) in [5, 5.41) is 6.56. The molecule has 2 aromatic heterocycles. The zero-order chi connectivity index (χ0) is 19.9. The first kappa shape index (κ1) is 19.8. The number of fused-ring (bicyclic) bond motifs is 1. The number of furan rings is 1. The average Bonchev–Trinajstić information content (AvgIpc) is 3.24. The van der Waals surface area contributed by atoms with Crippen molar-refractivity contribution in [2.24, 2.45) is 5.10 Å². The summed E-state index contributed by atoms with van der Waals surface area (Å²) in [6.07, 6.45) is 7.46. The third kappa shape index (κ3) is 4.66. The summed E-state index contributed by atoms with van der Waals surface area (Å²) >= 11 is 1.33. The van der Waals surface area contributed by atoms with Gasteiger partial charge in [-0.15, -0.1) is 11.3 Å². The predicted molar refractivity (Wildman–Crippen MR) is 105 cm³/mol. The normalized spacial score (nSPS) is 13.6.